The Labute approximate surface area is 120 Å². The molecule has 0 bridgehead atoms. The predicted octanol–water partition coefficient (Wildman–Crippen LogP) is 4.56. The second kappa shape index (κ2) is 5.88. The average molecular weight is 295 g/mol. The summed E-state index contributed by atoms with van der Waals surface area (Å²) in [5.41, 5.74) is 0.764. The fourth-order valence-electron chi connectivity index (χ4n) is 1.92. The maximum Gasteiger partial charge on any atom is 0.295 e. The molecule has 20 heavy (non-hydrogen) atoms. The molecule has 0 unspecified atom stereocenters. The van der Waals surface area contributed by atoms with Gasteiger partial charge in [0.1, 0.15) is 11.5 Å². The zero-order valence-corrected chi connectivity index (χ0v) is 11.4. The number of rotatable bonds is 4. The molecule has 0 fully saturated rings. The van der Waals surface area contributed by atoms with Crippen LogP contribution in [0.15, 0.2) is 42.5 Å². The molecule has 1 atom stereocenters. The smallest absolute Gasteiger partial charge is 0.295 e. The summed E-state index contributed by atoms with van der Waals surface area (Å²) < 4.78 is 13.1. The van der Waals surface area contributed by atoms with Crippen LogP contribution < -0.4 is 5.32 Å². The van der Waals surface area contributed by atoms with Crippen molar-refractivity contribution in [3.8, 4) is 0 Å². The van der Waals surface area contributed by atoms with Crippen LogP contribution in [0.2, 0.25) is 5.02 Å². The van der Waals surface area contributed by atoms with E-state index in [0.717, 1.165) is 11.6 Å². The van der Waals surface area contributed by atoms with Crippen molar-refractivity contribution in [3.05, 3.63) is 69.0 Å². The topological polar surface area (TPSA) is 55.2 Å². The van der Waals surface area contributed by atoms with E-state index in [1.54, 1.807) is 12.1 Å². The Morgan fingerprint density at radius 2 is 2.00 bits per heavy atom. The van der Waals surface area contributed by atoms with Crippen molar-refractivity contribution in [1.29, 1.82) is 0 Å². The molecule has 0 aliphatic rings. The van der Waals surface area contributed by atoms with E-state index in [4.69, 9.17) is 11.6 Å². The van der Waals surface area contributed by atoms with Gasteiger partial charge in [-0.05, 0) is 30.7 Å². The predicted molar refractivity (Wildman–Crippen MR) is 76.5 cm³/mol. The van der Waals surface area contributed by atoms with Crippen LogP contribution in [0.25, 0.3) is 0 Å². The summed E-state index contributed by atoms with van der Waals surface area (Å²) in [5.74, 6) is -0.646. The van der Waals surface area contributed by atoms with Crippen LogP contribution in [0.1, 0.15) is 18.5 Å². The van der Waals surface area contributed by atoms with E-state index in [0.29, 0.717) is 5.02 Å². The first kappa shape index (κ1) is 14.3. The van der Waals surface area contributed by atoms with Crippen molar-refractivity contribution in [2.45, 2.75) is 13.0 Å². The van der Waals surface area contributed by atoms with Gasteiger partial charge in [0, 0.05) is 5.02 Å². The molecule has 0 radical (unpaired) electrons. The lowest BCUT2D eigenvalue weighted by molar-refractivity contribution is -0.384. The van der Waals surface area contributed by atoms with Gasteiger partial charge in [-0.2, -0.15) is 0 Å². The van der Waals surface area contributed by atoms with Gasteiger partial charge in [-0.1, -0.05) is 29.8 Å². The summed E-state index contributed by atoms with van der Waals surface area (Å²) in [4.78, 5) is 10.3. The molecule has 2 rings (SSSR count). The van der Waals surface area contributed by atoms with Gasteiger partial charge in [0.25, 0.3) is 5.69 Å². The van der Waals surface area contributed by atoms with Crippen LogP contribution in [-0.4, -0.2) is 4.92 Å². The number of nitro groups is 1. The fourth-order valence-corrected chi connectivity index (χ4v) is 2.21. The monoisotopic (exact) mass is 294 g/mol. The Hall–Kier alpha value is -2.14. The molecule has 0 heterocycles. The first-order valence-electron chi connectivity index (χ1n) is 5.94. The van der Waals surface area contributed by atoms with Gasteiger partial charge in [0.2, 0.25) is 0 Å². The first-order valence-corrected chi connectivity index (χ1v) is 6.31. The molecule has 0 amide bonds. The largest absolute Gasteiger partial charge is 0.373 e. The summed E-state index contributed by atoms with van der Waals surface area (Å²) in [6, 6.07) is 10.4. The zero-order chi connectivity index (χ0) is 14.7. The number of nitrogens with one attached hydrogen (secondary N) is 1. The van der Waals surface area contributed by atoms with Gasteiger partial charge in [-0.15, -0.1) is 0 Å². The van der Waals surface area contributed by atoms with Crippen molar-refractivity contribution in [3.63, 3.8) is 0 Å². The normalized spacial score (nSPS) is 11.9. The Morgan fingerprint density at radius 1 is 1.30 bits per heavy atom. The Bertz CT molecular complexity index is 649. The van der Waals surface area contributed by atoms with E-state index in [1.165, 1.54) is 12.1 Å². The van der Waals surface area contributed by atoms with Crippen LogP contribution in [-0.2, 0) is 0 Å². The van der Waals surface area contributed by atoms with Gasteiger partial charge in [-0.3, -0.25) is 10.1 Å². The number of anilines is 1. The van der Waals surface area contributed by atoms with Crippen molar-refractivity contribution in [2.24, 2.45) is 0 Å². The third-order valence-electron chi connectivity index (χ3n) is 2.90. The number of halogens is 2. The number of hydrogen-bond acceptors (Lipinski definition) is 3. The standard InChI is InChI=1S/C14H12ClFN2O2/c1-9(11-4-2-3-5-12(11)15)17-13-7-6-10(16)8-14(13)18(19)20/h2-9,17H,1H3/t9-/m0/s1. The second-order valence-corrected chi connectivity index (χ2v) is 4.71. The van der Waals surface area contributed by atoms with Crippen LogP contribution >= 0.6 is 11.6 Å². The highest BCUT2D eigenvalue weighted by atomic mass is 35.5. The molecule has 4 nitrogen and oxygen atoms in total. The summed E-state index contributed by atoms with van der Waals surface area (Å²) in [6.45, 7) is 1.83. The fraction of sp³-hybridized carbons (Fsp3) is 0.143. The minimum absolute atomic E-state index is 0.243. The minimum Gasteiger partial charge on any atom is -0.373 e. The summed E-state index contributed by atoms with van der Waals surface area (Å²) in [6.07, 6.45) is 0. The van der Waals surface area contributed by atoms with Crippen LogP contribution in [0, 0.1) is 15.9 Å². The van der Waals surface area contributed by atoms with E-state index < -0.39 is 10.7 Å². The Morgan fingerprint density at radius 3 is 2.65 bits per heavy atom. The van der Waals surface area contributed by atoms with Gasteiger partial charge in [0.15, 0.2) is 0 Å². The van der Waals surface area contributed by atoms with Gasteiger partial charge < -0.3 is 5.32 Å². The minimum atomic E-state index is -0.646. The number of hydrogen-bond donors (Lipinski definition) is 1. The average Bonchev–Trinajstić information content (AvgIpc) is 2.41. The number of nitro benzene ring substituents is 1. The van der Waals surface area contributed by atoms with Crippen LogP contribution in [0.5, 0.6) is 0 Å². The SMILES string of the molecule is C[C@H](Nc1ccc(F)cc1[N+](=O)[O-])c1ccccc1Cl. The number of nitrogens with zero attached hydrogens (tertiary/aromatic N) is 1. The number of benzene rings is 2. The molecule has 0 saturated heterocycles. The van der Waals surface area contributed by atoms with Crippen molar-refractivity contribution >= 4 is 23.0 Å². The molecule has 104 valence electrons. The maximum absolute atomic E-state index is 13.1. The molecule has 0 aliphatic carbocycles. The van der Waals surface area contributed by atoms with Crippen LogP contribution in [0.3, 0.4) is 0 Å². The highest BCUT2D eigenvalue weighted by Gasteiger charge is 2.18. The van der Waals surface area contributed by atoms with Crippen molar-refractivity contribution < 1.29 is 9.31 Å². The Kier molecular flexibility index (Phi) is 4.20. The van der Waals surface area contributed by atoms with E-state index >= 15 is 0 Å². The quantitative estimate of drug-likeness (QED) is 0.664. The van der Waals surface area contributed by atoms with Crippen molar-refractivity contribution in [1.82, 2.24) is 0 Å². The first-order chi connectivity index (χ1) is 9.49. The molecule has 0 aliphatic heterocycles. The summed E-state index contributed by atoms with van der Waals surface area (Å²) in [7, 11) is 0. The molecule has 0 spiro atoms. The highest BCUT2D eigenvalue weighted by molar-refractivity contribution is 6.31. The molecule has 2 aromatic carbocycles. The van der Waals surface area contributed by atoms with Gasteiger partial charge in [0.05, 0.1) is 17.0 Å². The van der Waals surface area contributed by atoms with E-state index in [2.05, 4.69) is 5.32 Å². The summed E-state index contributed by atoms with van der Waals surface area (Å²) >= 11 is 6.08. The molecule has 0 saturated carbocycles. The lowest BCUT2D eigenvalue weighted by Crippen LogP contribution is -2.09. The highest BCUT2D eigenvalue weighted by Crippen LogP contribution is 2.30. The third kappa shape index (κ3) is 3.05. The van der Waals surface area contributed by atoms with Gasteiger partial charge >= 0.3 is 0 Å². The lowest BCUT2D eigenvalue weighted by Gasteiger charge is -2.16. The zero-order valence-electron chi connectivity index (χ0n) is 10.6. The molecule has 6 heteroatoms. The van der Waals surface area contributed by atoms with Crippen molar-refractivity contribution in [2.75, 3.05) is 5.32 Å². The summed E-state index contributed by atoms with van der Waals surface area (Å²) in [5, 5.41) is 14.5. The van der Waals surface area contributed by atoms with E-state index in [1.807, 2.05) is 19.1 Å². The molecule has 1 N–H and O–H groups in total. The Balaban J connectivity index is 2.31. The molecular weight excluding hydrogens is 283 g/mol. The third-order valence-corrected chi connectivity index (χ3v) is 3.24. The molecule has 2 aromatic rings. The van der Waals surface area contributed by atoms with Crippen LogP contribution in [0.4, 0.5) is 15.8 Å². The molecule has 0 aromatic heterocycles. The van der Waals surface area contributed by atoms with Gasteiger partial charge in [-0.25, -0.2) is 4.39 Å². The van der Waals surface area contributed by atoms with E-state index in [9.17, 15) is 14.5 Å². The van der Waals surface area contributed by atoms with E-state index in [-0.39, 0.29) is 17.4 Å². The maximum atomic E-state index is 13.1. The second-order valence-electron chi connectivity index (χ2n) is 4.31. The lowest BCUT2D eigenvalue weighted by atomic mass is 10.1. The molecular formula is C14H12ClFN2O2.